The molecule has 0 radical (unpaired) electrons. The van der Waals surface area contributed by atoms with Crippen molar-refractivity contribution in [1.82, 2.24) is 29.4 Å². The number of rotatable bonds is 7. The van der Waals surface area contributed by atoms with Gasteiger partial charge in [-0.15, -0.1) is 0 Å². The molecule has 1 unspecified atom stereocenters. The Morgan fingerprint density at radius 2 is 1.71 bits per heavy atom. The molecule has 0 aliphatic heterocycles. The van der Waals surface area contributed by atoms with Crippen LogP contribution in [0.15, 0.2) is 47.2 Å². The first kappa shape index (κ1) is 29.0. The van der Waals surface area contributed by atoms with E-state index >= 15 is 0 Å². The highest BCUT2D eigenvalue weighted by Gasteiger charge is 2.37. The lowest BCUT2D eigenvalue weighted by molar-refractivity contribution is -0.143. The molecule has 3 rings (SSSR count). The molecule has 0 aliphatic rings. The third kappa shape index (κ3) is 6.66. The van der Waals surface area contributed by atoms with Crippen LogP contribution in [-0.2, 0) is 22.3 Å². The smallest absolute Gasteiger partial charge is 0.342 e. The predicted octanol–water partition coefficient (Wildman–Crippen LogP) is 4.79. The molecule has 1 aromatic carbocycles. The highest BCUT2D eigenvalue weighted by molar-refractivity contribution is 7.90. The zero-order chi connectivity index (χ0) is 28.5. The molecular formula is C22H23F6N7O2S. The lowest BCUT2D eigenvalue weighted by Crippen LogP contribution is -2.29. The van der Waals surface area contributed by atoms with Gasteiger partial charge in [-0.25, -0.2) is 18.5 Å². The number of hydrogen-bond acceptors (Lipinski definition) is 6. The van der Waals surface area contributed by atoms with E-state index in [2.05, 4.69) is 24.7 Å². The van der Waals surface area contributed by atoms with Crippen LogP contribution >= 0.6 is 0 Å². The van der Waals surface area contributed by atoms with E-state index in [0.29, 0.717) is 24.4 Å². The Hall–Kier alpha value is -3.53. The quantitative estimate of drug-likeness (QED) is 0.417. The molecule has 0 saturated heterocycles. The van der Waals surface area contributed by atoms with E-state index in [-0.39, 0.29) is 17.7 Å². The third-order valence-corrected chi connectivity index (χ3v) is 7.37. The van der Waals surface area contributed by atoms with Crippen molar-refractivity contribution in [2.45, 2.75) is 32.2 Å². The van der Waals surface area contributed by atoms with Gasteiger partial charge in [0, 0.05) is 37.7 Å². The number of carbonyl (C=O) groups is 1. The van der Waals surface area contributed by atoms with Crippen molar-refractivity contribution >= 4 is 21.5 Å². The van der Waals surface area contributed by atoms with Crippen LogP contribution in [0.3, 0.4) is 0 Å². The van der Waals surface area contributed by atoms with Crippen molar-refractivity contribution in [2.24, 2.45) is 4.36 Å². The maximum absolute atomic E-state index is 13.2. The minimum absolute atomic E-state index is 0.0621. The van der Waals surface area contributed by atoms with Crippen molar-refractivity contribution < 1.29 is 35.3 Å². The Balaban J connectivity index is 1.92. The molecule has 0 fully saturated rings. The molecule has 38 heavy (non-hydrogen) atoms. The van der Waals surface area contributed by atoms with Gasteiger partial charge in [-0.05, 0) is 31.2 Å². The summed E-state index contributed by atoms with van der Waals surface area (Å²) in [5.74, 6) is -0.935. The molecule has 0 aliphatic carbocycles. The summed E-state index contributed by atoms with van der Waals surface area (Å²) in [4.78, 5) is 20.9. The second-order valence-electron chi connectivity index (χ2n) is 8.19. The average molecular weight is 564 g/mol. The molecular weight excluding hydrogens is 540 g/mol. The summed E-state index contributed by atoms with van der Waals surface area (Å²) >= 11 is 0. The van der Waals surface area contributed by atoms with Crippen LogP contribution < -0.4 is 5.32 Å². The Morgan fingerprint density at radius 3 is 2.26 bits per heavy atom. The second kappa shape index (κ2) is 10.7. The number of nitrogens with one attached hydrogen (secondary N) is 1. The minimum Gasteiger partial charge on any atom is -0.342 e. The number of carbonyl (C=O) groups excluding carboxylic acids is 1. The maximum Gasteiger partial charge on any atom is 0.416 e. The van der Waals surface area contributed by atoms with E-state index in [1.807, 2.05) is 6.92 Å². The molecule has 0 bridgehead atoms. The number of hydrogen-bond donors (Lipinski definition) is 1. The summed E-state index contributed by atoms with van der Waals surface area (Å²) in [6.45, 7) is 3.72. The summed E-state index contributed by atoms with van der Waals surface area (Å²) < 4.78 is 98.8. The molecule has 1 N–H and O–H groups in total. The second-order valence-corrected chi connectivity index (χ2v) is 10.5. The van der Waals surface area contributed by atoms with Crippen LogP contribution in [0.1, 0.15) is 47.2 Å². The first-order chi connectivity index (χ1) is 17.5. The molecule has 3 aromatic rings. The number of amides is 1. The Morgan fingerprint density at radius 1 is 1.11 bits per heavy atom. The summed E-state index contributed by atoms with van der Waals surface area (Å²) in [7, 11) is -1.08. The molecule has 0 saturated carbocycles. The van der Waals surface area contributed by atoms with Gasteiger partial charge in [-0.1, -0.05) is 6.92 Å². The summed E-state index contributed by atoms with van der Waals surface area (Å²) in [6, 6.07) is 2.57. The Kier molecular flexibility index (Phi) is 8.16. The van der Waals surface area contributed by atoms with Gasteiger partial charge in [0.15, 0.2) is 11.6 Å². The van der Waals surface area contributed by atoms with E-state index < -0.39 is 50.9 Å². The van der Waals surface area contributed by atoms with Crippen LogP contribution in [0.25, 0.3) is 5.82 Å². The molecule has 16 heteroatoms. The van der Waals surface area contributed by atoms with Crippen molar-refractivity contribution in [3.05, 3.63) is 65.4 Å². The minimum atomic E-state index is -5.10. The predicted molar refractivity (Wildman–Crippen MR) is 126 cm³/mol. The standard InChI is InChI=1S/C22H23F6N7O2S/c1-5-34(3)38(4,37)33-17-6-7-29-18(11-17)35-19(30-12-31-35)13(2)32-20(36)14-8-15(21(23,24)25)10-16(9-14)22(26,27)28/h6-13H,5H2,1-4H3,(H,32,36)/t13-,38?/m0/s1. The van der Waals surface area contributed by atoms with Crippen LogP contribution in [0.5, 0.6) is 0 Å². The summed E-state index contributed by atoms with van der Waals surface area (Å²) in [6.07, 6.45) is -6.22. The van der Waals surface area contributed by atoms with Crippen LogP contribution in [0.4, 0.5) is 32.0 Å². The SMILES string of the molecule is CCN(C)S(C)(=O)=Nc1ccnc(-n2ncnc2[C@H](C)NC(=O)c2cc(C(F)(F)F)cc(C(F)(F)F)c2)c1. The zero-order valence-corrected chi connectivity index (χ0v) is 21.3. The molecule has 2 atom stereocenters. The fourth-order valence-corrected chi connectivity index (χ4v) is 4.36. The number of pyridine rings is 1. The summed E-state index contributed by atoms with van der Waals surface area (Å²) in [5.41, 5.74) is -3.75. The van der Waals surface area contributed by atoms with Gasteiger partial charge in [0.05, 0.1) is 22.9 Å². The highest BCUT2D eigenvalue weighted by Crippen LogP contribution is 2.36. The molecule has 1 amide bonds. The molecule has 206 valence electrons. The van der Waals surface area contributed by atoms with E-state index in [1.165, 1.54) is 36.2 Å². The van der Waals surface area contributed by atoms with Crippen molar-refractivity contribution in [1.29, 1.82) is 0 Å². The van der Waals surface area contributed by atoms with Gasteiger partial charge in [0.1, 0.15) is 16.2 Å². The monoisotopic (exact) mass is 563 g/mol. The third-order valence-electron chi connectivity index (χ3n) is 5.40. The zero-order valence-electron chi connectivity index (χ0n) is 20.5. The first-order valence-electron chi connectivity index (χ1n) is 10.9. The molecule has 0 spiro atoms. The number of halogens is 6. The molecule has 9 nitrogen and oxygen atoms in total. The number of alkyl halides is 6. The van der Waals surface area contributed by atoms with Gasteiger partial charge in [-0.2, -0.15) is 40.5 Å². The van der Waals surface area contributed by atoms with Crippen molar-refractivity contribution in [3.63, 3.8) is 0 Å². The van der Waals surface area contributed by atoms with Gasteiger partial charge in [-0.3, -0.25) is 4.79 Å². The van der Waals surface area contributed by atoms with Crippen LogP contribution in [0, 0.1) is 0 Å². The van der Waals surface area contributed by atoms with E-state index in [4.69, 9.17) is 0 Å². The largest absolute Gasteiger partial charge is 0.416 e. The maximum atomic E-state index is 13.2. The highest BCUT2D eigenvalue weighted by atomic mass is 32.2. The topological polar surface area (TPSA) is 105 Å². The number of nitrogens with zero attached hydrogens (tertiary/aromatic N) is 6. The van der Waals surface area contributed by atoms with Crippen LogP contribution in [-0.4, -0.2) is 54.0 Å². The summed E-state index contributed by atoms with van der Waals surface area (Å²) in [5, 5.41) is 6.38. The van der Waals surface area contributed by atoms with Gasteiger partial charge >= 0.3 is 12.4 Å². The average Bonchev–Trinajstić information content (AvgIpc) is 3.32. The molecule has 2 heterocycles. The molecule has 2 aromatic heterocycles. The normalized spacial score (nSPS) is 14.7. The van der Waals surface area contributed by atoms with Crippen molar-refractivity contribution in [3.8, 4) is 5.82 Å². The number of aromatic nitrogens is 4. The Bertz CT molecular complexity index is 1410. The van der Waals surface area contributed by atoms with E-state index in [9.17, 15) is 35.3 Å². The van der Waals surface area contributed by atoms with Crippen LogP contribution in [0.2, 0.25) is 0 Å². The Labute approximate surface area is 214 Å². The lowest BCUT2D eigenvalue weighted by Gasteiger charge is -2.17. The fourth-order valence-electron chi connectivity index (χ4n) is 3.24. The van der Waals surface area contributed by atoms with E-state index in [0.717, 1.165) is 6.33 Å². The fraction of sp³-hybridized carbons (Fsp3) is 0.364. The number of benzene rings is 1. The first-order valence-corrected chi connectivity index (χ1v) is 12.8. The van der Waals surface area contributed by atoms with Gasteiger partial charge in [0.25, 0.3) is 5.91 Å². The van der Waals surface area contributed by atoms with E-state index in [1.54, 1.807) is 11.4 Å². The lowest BCUT2D eigenvalue weighted by atomic mass is 10.0. The van der Waals surface area contributed by atoms with Crippen molar-refractivity contribution in [2.75, 3.05) is 19.8 Å². The van der Waals surface area contributed by atoms with Gasteiger partial charge < -0.3 is 5.32 Å². The van der Waals surface area contributed by atoms with Gasteiger partial charge in [0.2, 0.25) is 0 Å².